The van der Waals surface area contributed by atoms with Gasteiger partial charge in [-0.15, -0.1) is 11.3 Å². The summed E-state index contributed by atoms with van der Waals surface area (Å²) in [7, 11) is -2.91. The van der Waals surface area contributed by atoms with E-state index in [2.05, 4.69) is 16.0 Å². The summed E-state index contributed by atoms with van der Waals surface area (Å²) in [4.78, 5) is 20.8. The van der Waals surface area contributed by atoms with Gasteiger partial charge in [-0.3, -0.25) is 4.90 Å². The third-order valence-corrected chi connectivity index (χ3v) is 12.8. The Balaban J connectivity index is 1.17. The van der Waals surface area contributed by atoms with E-state index in [1.54, 1.807) is 42.5 Å². The monoisotopic (exact) mass is 669 g/mol. The number of alkyl halides is 1. The van der Waals surface area contributed by atoms with Crippen molar-refractivity contribution in [3.05, 3.63) is 82.4 Å². The van der Waals surface area contributed by atoms with Crippen LogP contribution in [0.25, 0.3) is 10.2 Å². The number of nitrogens with zero attached hydrogens (tertiary/aromatic N) is 3. The first-order valence-corrected chi connectivity index (χ1v) is 17.8. The third kappa shape index (κ3) is 5.58. The first-order valence-electron chi connectivity index (χ1n) is 15.0. The number of anilines is 1. The quantitative estimate of drug-likeness (QED) is 0.220. The summed E-state index contributed by atoms with van der Waals surface area (Å²) in [5, 5.41) is 0.704. The Bertz CT molecular complexity index is 1850. The van der Waals surface area contributed by atoms with Crippen LogP contribution in [-0.4, -0.2) is 75.7 Å². The molecule has 3 aromatic carbocycles. The molecule has 8 nitrogen and oxygen atoms in total. The predicted octanol–water partition coefficient (Wildman–Crippen LogP) is 6.05. The van der Waals surface area contributed by atoms with E-state index >= 15 is 4.39 Å². The van der Waals surface area contributed by atoms with E-state index < -0.39 is 21.3 Å². The summed E-state index contributed by atoms with van der Waals surface area (Å²) >= 11 is 7.37. The molecule has 0 radical (unpaired) electrons. The highest BCUT2D eigenvalue weighted by Gasteiger charge is 2.44. The number of hydrogen-bond acceptors (Lipinski definition) is 9. The van der Waals surface area contributed by atoms with E-state index in [1.165, 1.54) is 18.2 Å². The van der Waals surface area contributed by atoms with E-state index in [4.69, 9.17) is 21.1 Å². The minimum Gasteiger partial charge on any atom is -0.490 e. The van der Waals surface area contributed by atoms with Crippen LogP contribution < -0.4 is 9.64 Å². The van der Waals surface area contributed by atoms with Gasteiger partial charge in [0.2, 0.25) is 19.7 Å². The molecule has 4 aromatic rings. The van der Waals surface area contributed by atoms with Crippen LogP contribution in [0.5, 0.6) is 5.75 Å². The van der Waals surface area contributed by atoms with Crippen molar-refractivity contribution in [2.24, 2.45) is 0 Å². The summed E-state index contributed by atoms with van der Waals surface area (Å²) in [6, 6.07) is 18.4. The fourth-order valence-electron chi connectivity index (χ4n) is 6.92. The van der Waals surface area contributed by atoms with Crippen LogP contribution >= 0.6 is 22.9 Å². The molecular formula is C33H33ClFN3O5S2. The molecule has 1 spiro atoms. The Kier molecular flexibility index (Phi) is 8.00. The molecule has 1 unspecified atom stereocenters. The van der Waals surface area contributed by atoms with E-state index in [0.29, 0.717) is 52.8 Å². The molecular weight excluding hydrogens is 637 g/mol. The second-order valence-electron chi connectivity index (χ2n) is 12.1. The van der Waals surface area contributed by atoms with Crippen LogP contribution in [0.15, 0.2) is 65.0 Å². The Morgan fingerprint density at radius 3 is 2.84 bits per heavy atom. The highest BCUT2D eigenvalue weighted by Crippen LogP contribution is 2.45. The van der Waals surface area contributed by atoms with Crippen molar-refractivity contribution < 1.29 is 27.1 Å². The van der Waals surface area contributed by atoms with Crippen molar-refractivity contribution >= 4 is 54.6 Å². The molecule has 45 heavy (non-hydrogen) atoms. The summed E-state index contributed by atoms with van der Waals surface area (Å²) in [6.45, 7) is 1.94. The second-order valence-corrected chi connectivity index (χ2v) is 15.8. The molecule has 3 atom stereocenters. The van der Waals surface area contributed by atoms with Crippen LogP contribution in [0.2, 0.25) is 5.02 Å². The molecule has 1 aromatic heterocycles. The lowest BCUT2D eigenvalue weighted by Gasteiger charge is -2.46. The number of methoxy groups -OCH3 is 1. The molecule has 0 bridgehead atoms. The zero-order chi connectivity index (χ0) is 31.3. The Hall–Kier alpha value is -3.25. The summed E-state index contributed by atoms with van der Waals surface area (Å²) in [6.07, 6.45) is 3.62. The van der Waals surface area contributed by atoms with Crippen molar-refractivity contribution in [3.63, 3.8) is 0 Å². The van der Waals surface area contributed by atoms with Gasteiger partial charge in [-0.1, -0.05) is 29.8 Å². The zero-order valence-electron chi connectivity index (χ0n) is 24.7. The number of ether oxygens (including phenoxy) is 2. The maximum atomic E-state index is 15.6. The SMILES string of the molecule is COC(=O)c1ccc2c(c1)N(C[C@@H]1CCN1CC(F)S(=O)(=O)c1nc3ccccc3s1)C[C@@]1(CCCc3cc(Cl)ccc31)CO2. The normalized spacial score (nSPS) is 22.2. The highest BCUT2D eigenvalue weighted by molar-refractivity contribution is 7.93. The van der Waals surface area contributed by atoms with Crippen molar-refractivity contribution in [2.75, 3.05) is 44.8 Å². The first kappa shape index (κ1) is 30.4. The molecule has 236 valence electrons. The van der Waals surface area contributed by atoms with E-state index in [9.17, 15) is 13.2 Å². The number of para-hydroxylation sites is 1. The van der Waals surface area contributed by atoms with Gasteiger partial charge in [0.25, 0.3) is 0 Å². The van der Waals surface area contributed by atoms with Crippen molar-refractivity contribution in [1.29, 1.82) is 0 Å². The number of esters is 1. The van der Waals surface area contributed by atoms with Gasteiger partial charge in [-0.2, -0.15) is 0 Å². The smallest absolute Gasteiger partial charge is 0.337 e. The summed E-state index contributed by atoms with van der Waals surface area (Å²) in [5.41, 5.74) is 1.71. The Morgan fingerprint density at radius 2 is 2.07 bits per heavy atom. The number of benzene rings is 3. The van der Waals surface area contributed by atoms with Gasteiger partial charge < -0.3 is 14.4 Å². The Labute approximate surface area is 270 Å². The number of hydrogen-bond donors (Lipinski definition) is 0. The molecule has 0 saturated carbocycles. The number of aryl methyl sites for hydroxylation is 1. The number of thiazole rings is 1. The lowest BCUT2D eigenvalue weighted by Crippen LogP contribution is -2.57. The molecule has 1 saturated heterocycles. The summed E-state index contributed by atoms with van der Waals surface area (Å²) in [5.74, 6) is 0.216. The van der Waals surface area contributed by atoms with Gasteiger partial charge in [-0.25, -0.2) is 22.6 Å². The van der Waals surface area contributed by atoms with E-state index in [-0.39, 0.29) is 22.3 Å². The number of aromatic nitrogens is 1. The number of halogens is 2. The maximum absolute atomic E-state index is 15.6. The number of likely N-dealkylation sites (tertiary alicyclic amines) is 1. The number of rotatable bonds is 7. The van der Waals surface area contributed by atoms with Crippen LogP contribution in [0.1, 0.15) is 40.7 Å². The third-order valence-electron chi connectivity index (χ3n) is 9.39. The standard InChI is InChI=1S/C33H33ClFN3O5S2/c1-42-31(39)22-8-11-28-27(16-22)38(19-33(20-43-28)13-4-5-21-15-23(34)9-10-25(21)33)17-24-12-14-37(24)18-30(35)45(40,41)32-36-26-6-2-3-7-29(26)44-32/h2-3,6-11,15-16,24,30H,4-5,12-14,17-20H2,1H3/t24-,30?,33-/m0/s1. The fraction of sp³-hybridized carbons (Fsp3) is 0.394. The molecule has 3 heterocycles. The number of fused-ring (bicyclic) bond motifs is 4. The van der Waals surface area contributed by atoms with Gasteiger partial charge in [0, 0.05) is 42.7 Å². The van der Waals surface area contributed by atoms with E-state index in [0.717, 1.165) is 42.7 Å². The Morgan fingerprint density at radius 1 is 1.22 bits per heavy atom. The van der Waals surface area contributed by atoms with Gasteiger partial charge in [0.05, 0.1) is 35.2 Å². The minimum atomic E-state index is -4.26. The maximum Gasteiger partial charge on any atom is 0.337 e. The fourth-order valence-corrected chi connectivity index (χ4v) is 9.69. The molecule has 0 amide bonds. The first-order chi connectivity index (χ1) is 21.7. The van der Waals surface area contributed by atoms with Crippen LogP contribution in [0.3, 0.4) is 0 Å². The highest BCUT2D eigenvalue weighted by atomic mass is 35.5. The molecule has 12 heteroatoms. The van der Waals surface area contributed by atoms with Gasteiger partial charge >= 0.3 is 5.97 Å². The zero-order valence-corrected chi connectivity index (χ0v) is 27.1. The van der Waals surface area contributed by atoms with E-state index in [1.807, 2.05) is 17.0 Å². The number of carbonyl (C=O) groups is 1. The average Bonchev–Trinajstić information content (AvgIpc) is 3.42. The molecule has 1 aliphatic carbocycles. The largest absolute Gasteiger partial charge is 0.490 e. The molecule has 1 fully saturated rings. The lowest BCUT2D eigenvalue weighted by atomic mass is 9.70. The predicted molar refractivity (Wildman–Crippen MR) is 173 cm³/mol. The molecule has 2 aliphatic heterocycles. The number of carbonyl (C=O) groups excluding carboxylic acids is 1. The van der Waals surface area contributed by atoms with Crippen LogP contribution in [0, 0.1) is 0 Å². The molecule has 7 rings (SSSR count). The van der Waals surface area contributed by atoms with Crippen molar-refractivity contribution in [2.45, 2.75) is 47.0 Å². The topological polar surface area (TPSA) is 89.0 Å². The summed E-state index contributed by atoms with van der Waals surface area (Å²) < 4.78 is 54.1. The van der Waals surface area contributed by atoms with Crippen molar-refractivity contribution in [3.8, 4) is 5.75 Å². The minimum absolute atomic E-state index is 0.0909. The van der Waals surface area contributed by atoms with Gasteiger partial charge in [0.15, 0.2) is 0 Å². The second kappa shape index (κ2) is 11.8. The van der Waals surface area contributed by atoms with Gasteiger partial charge in [0.1, 0.15) is 5.75 Å². The molecule has 0 N–H and O–H groups in total. The lowest BCUT2D eigenvalue weighted by molar-refractivity contribution is 0.0600. The molecule has 3 aliphatic rings. The van der Waals surface area contributed by atoms with Gasteiger partial charge in [-0.05, 0) is 79.3 Å². The number of sulfone groups is 1. The van der Waals surface area contributed by atoms with Crippen LogP contribution in [0.4, 0.5) is 10.1 Å². The van der Waals surface area contributed by atoms with Crippen molar-refractivity contribution in [1.82, 2.24) is 9.88 Å². The average molecular weight is 670 g/mol. The van der Waals surface area contributed by atoms with Crippen LogP contribution in [-0.2, 0) is 26.4 Å².